The zero-order valence-electron chi connectivity index (χ0n) is 17.1. The molecule has 1 saturated heterocycles. The molecule has 2 heterocycles. The maximum absolute atomic E-state index is 12.6. The molecule has 2 unspecified atom stereocenters. The number of carbonyl (C=O) groups excluding carboxylic acids is 2. The summed E-state index contributed by atoms with van der Waals surface area (Å²) < 4.78 is 11.0. The van der Waals surface area contributed by atoms with Gasteiger partial charge >= 0.3 is 0 Å². The summed E-state index contributed by atoms with van der Waals surface area (Å²) in [6.07, 6.45) is 5.11. The first kappa shape index (κ1) is 22.5. The normalized spacial score (nSPS) is 19.0. The van der Waals surface area contributed by atoms with Crippen LogP contribution < -0.4 is 5.73 Å². The number of methoxy groups -OCH3 is 1. The van der Waals surface area contributed by atoms with E-state index in [2.05, 4.69) is 25.1 Å². The fourth-order valence-electron chi connectivity index (χ4n) is 3.27. The standard InChI is InChI=1S/C22H29N3O4/c1-5-8-18-15(3)22(27)25(20(18)21(23)26)13-12-16-10-7-11-17(24-16)14-29-19(28-4)9-6-2/h5,7-8,10-11,19-20H,1,3,6,9,12-14H2,2,4H3,(H2,23,26)/b18-8+. The molecule has 0 radical (unpaired) electrons. The summed E-state index contributed by atoms with van der Waals surface area (Å²) in [5.74, 6) is -0.898. The van der Waals surface area contributed by atoms with Gasteiger partial charge in [0.2, 0.25) is 5.91 Å². The number of nitrogens with zero attached hydrogens (tertiary/aromatic N) is 2. The second kappa shape index (κ2) is 10.7. The fraction of sp³-hybridized carbons (Fsp3) is 0.409. The van der Waals surface area contributed by atoms with E-state index in [4.69, 9.17) is 15.2 Å². The predicted octanol–water partition coefficient (Wildman–Crippen LogP) is 2.28. The second-order valence-corrected chi connectivity index (χ2v) is 6.77. The van der Waals surface area contributed by atoms with Crippen molar-refractivity contribution in [1.29, 1.82) is 0 Å². The Morgan fingerprint density at radius 1 is 1.41 bits per heavy atom. The number of ether oxygens (including phenoxy) is 2. The number of hydrogen-bond donors (Lipinski definition) is 1. The highest BCUT2D eigenvalue weighted by atomic mass is 16.7. The zero-order chi connectivity index (χ0) is 21.4. The van der Waals surface area contributed by atoms with Gasteiger partial charge in [0.05, 0.1) is 12.3 Å². The van der Waals surface area contributed by atoms with Crippen LogP contribution in [0.4, 0.5) is 0 Å². The molecule has 2 N–H and O–H groups in total. The number of amides is 2. The van der Waals surface area contributed by atoms with Crippen molar-refractivity contribution in [1.82, 2.24) is 9.88 Å². The number of allylic oxidation sites excluding steroid dienone is 2. The molecule has 0 aliphatic carbocycles. The topological polar surface area (TPSA) is 94.8 Å². The molecule has 0 aromatic carbocycles. The van der Waals surface area contributed by atoms with Crippen LogP contribution in [0.3, 0.4) is 0 Å². The third-order valence-corrected chi connectivity index (χ3v) is 4.72. The first-order valence-electron chi connectivity index (χ1n) is 9.64. The molecule has 7 heteroatoms. The SMILES string of the molecule is C=C/C=C1\C(=C)C(=O)N(CCc2cccc(COC(CCC)OC)n2)C1C(N)=O. The first-order chi connectivity index (χ1) is 13.9. The molecular weight excluding hydrogens is 370 g/mol. The van der Waals surface area contributed by atoms with Crippen molar-refractivity contribution in [3.05, 3.63) is 66.0 Å². The van der Waals surface area contributed by atoms with Crippen LogP contribution in [0.2, 0.25) is 0 Å². The van der Waals surface area contributed by atoms with E-state index in [-0.39, 0.29) is 17.8 Å². The lowest BCUT2D eigenvalue weighted by molar-refractivity contribution is -0.135. The van der Waals surface area contributed by atoms with E-state index in [1.807, 2.05) is 18.2 Å². The summed E-state index contributed by atoms with van der Waals surface area (Å²) in [5.41, 5.74) is 7.87. The van der Waals surface area contributed by atoms with Gasteiger partial charge in [-0.3, -0.25) is 14.6 Å². The van der Waals surface area contributed by atoms with Crippen LogP contribution in [0.1, 0.15) is 31.2 Å². The molecule has 1 fully saturated rings. The van der Waals surface area contributed by atoms with E-state index in [0.29, 0.717) is 25.1 Å². The second-order valence-electron chi connectivity index (χ2n) is 6.77. The average Bonchev–Trinajstić information content (AvgIpc) is 2.95. The minimum atomic E-state index is -0.837. The van der Waals surface area contributed by atoms with Gasteiger partial charge in [-0.1, -0.05) is 44.7 Å². The molecule has 0 bridgehead atoms. The van der Waals surface area contributed by atoms with Gasteiger partial charge in [0.25, 0.3) is 5.91 Å². The van der Waals surface area contributed by atoms with Crippen LogP contribution in [0, 0.1) is 0 Å². The molecule has 1 aliphatic heterocycles. The Morgan fingerprint density at radius 3 is 2.76 bits per heavy atom. The van der Waals surface area contributed by atoms with Crippen molar-refractivity contribution < 1.29 is 19.1 Å². The molecule has 0 spiro atoms. The van der Waals surface area contributed by atoms with Gasteiger partial charge in [0, 0.05) is 31.3 Å². The number of aromatic nitrogens is 1. The molecule has 0 saturated carbocycles. The van der Waals surface area contributed by atoms with E-state index in [1.165, 1.54) is 11.0 Å². The van der Waals surface area contributed by atoms with E-state index in [1.54, 1.807) is 13.2 Å². The summed E-state index contributed by atoms with van der Waals surface area (Å²) in [6, 6.07) is 4.80. The van der Waals surface area contributed by atoms with Crippen LogP contribution in [0.25, 0.3) is 0 Å². The quantitative estimate of drug-likeness (QED) is 0.455. The van der Waals surface area contributed by atoms with Gasteiger partial charge in [-0.05, 0) is 24.1 Å². The number of primary amides is 1. The summed E-state index contributed by atoms with van der Waals surface area (Å²) in [5, 5.41) is 0. The van der Waals surface area contributed by atoms with Crippen LogP contribution in [0.5, 0.6) is 0 Å². The van der Waals surface area contributed by atoms with Gasteiger partial charge < -0.3 is 20.1 Å². The molecule has 1 aliphatic rings. The van der Waals surface area contributed by atoms with E-state index >= 15 is 0 Å². The molecule has 1 aromatic rings. The lowest BCUT2D eigenvalue weighted by Gasteiger charge is -2.22. The average molecular weight is 399 g/mol. The first-order valence-corrected chi connectivity index (χ1v) is 9.64. The van der Waals surface area contributed by atoms with E-state index in [9.17, 15) is 9.59 Å². The minimum Gasteiger partial charge on any atom is -0.368 e. The summed E-state index contributed by atoms with van der Waals surface area (Å²) in [7, 11) is 1.62. The minimum absolute atomic E-state index is 0.259. The number of pyridine rings is 1. The Morgan fingerprint density at radius 2 is 2.14 bits per heavy atom. The van der Waals surface area contributed by atoms with Crippen molar-refractivity contribution in [2.45, 2.75) is 45.1 Å². The van der Waals surface area contributed by atoms with Crippen molar-refractivity contribution in [3.63, 3.8) is 0 Å². The lowest BCUT2D eigenvalue weighted by atomic mass is 10.0. The zero-order valence-corrected chi connectivity index (χ0v) is 17.1. The van der Waals surface area contributed by atoms with Crippen LogP contribution >= 0.6 is 0 Å². The van der Waals surface area contributed by atoms with Crippen molar-refractivity contribution in [2.75, 3.05) is 13.7 Å². The molecule has 29 heavy (non-hydrogen) atoms. The predicted molar refractivity (Wildman–Crippen MR) is 111 cm³/mol. The van der Waals surface area contributed by atoms with Crippen LogP contribution in [-0.4, -0.2) is 47.7 Å². The summed E-state index contributed by atoms with van der Waals surface area (Å²) in [4.78, 5) is 30.5. The van der Waals surface area contributed by atoms with Gasteiger partial charge in [0.15, 0.2) is 6.29 Å². The van der Waals surface area contributed by atoms with Gasteiger partial charge in [-0.15, -0.1) is 0 Å². The van der Waals surface area contributed by atoms with E-state index in [0.717, 1.165) is 24.2 Å². The van der Waals surface area contributed by atoms with Crippen molar-refractivity contribution in [2.24, 2.45) is 5.73 Å². The molecule has 2 amide bonds. The Balaban J connectivity index is 2.06. The Bertz CT molecular complexity index is 803. The number of likely N-dealkylation sites (tertiary alicyclic amines) is 1. The maximum Gasteiger partial charge on any atom is 0.254 e. The lowest BCUT2D eigenvalue weighted by Crippen LogP contribution is -2.43. The van der Waals surface area contributed by atoms with Crippen LogP contribution in [-0.2, 0) is 32.1 Å². The molecule has 2 rings (SSSR count). The Kier molecular flexibility index (Phi) is 8.30. The molecule has 156 valence electrons. The molecule has 7 nitrogen and oxygen atoms in total. The smallest absolute Gasteiger partial charge is 0.254 e. The molecule has 2 atom stereocenters. The van der Waals surface area contributed by atoms with Crippen LogP contribution in [0.15, 0.2) is 54.7 Å². The maximum atomic E-state index is 12.6. The highest BCUT2D eigenvalue weighted by Crippen LogP contribution is 2.29. The van der Waals surface area contributed by atoms with Crippen molar-refractivity contribution >= 4 is 11.8 Å². The van der Waals surface area contributed by atoms with Gasteiger partial charge in [-0.25, -0.2) is 0 Å². The Hall–Kier alpha value is -2.77. The highest BCUT2D eigenvalue weighted by molar-refractivity contribution is 6.07. The fourth-order valence-corrected chi connectivity index (χ4v) is 3.27. The third-order valence-electron chi connectivity index (χ3n) is 4.72. The number of hydrogen-bond acceptors (Lipinski definition) is 5. The van der Waals surface area contributed by atoms with Gasteiger partial charge in [0.1, 0.15) is 6.04 Å². The van der Waals surface area contributed by atoms with E-state index < -0.39 is 11.9 Å². The third kappa shape index (κ3) is 5.62. The van der Waals surface area contributed by atoms with Crippen molar-refractivity contribution in [3.8, 4) is 0 Å². The van der Waals surface area contributed by atoms with Gasteiger partial charge in [-0.2, -0.15) is 0 Å². The number of nitrogens with two attached hydrogens (primary N) is 1. The largest absolute Gasteiger partial charge is 0.368 e. The summed E-state index contributed by atoms with van der Waals surface area (Å²) in [6.45, 7) is 10.1. The highest BCUT2D eigenvalue weighted by Gasteiger charge is 2.41. The number of rotatable bonds is 11. The summed E-state index contributed by atoms with van der Waals surface area (Å²) >= 11 is 0. The molecular formula is C22H29N3O4. The monoisotopic (exact) mass is 399 g/mol. The number of carbonyl (C=O) groups is 2. The molecule has 1 aromatic heterocycles. The Labute approximate surface area is 171 Å².